The Morgan fingerprint density at radius 3 is 2.58 bits per heavy atom. The summed E-state index contributed by atoms with van der Waals surface area (Å²) in [7, 11) is 0. The number of esters is 1. The van der Waals surface area contributed by atoms with Crippen molar-refractivity contribution in [3.05, 3.63) is 0 Å². The number of halogens is 3. The second-order valence-corrected chi connectivity index (χ2v) is 3.32. The van der Waals surface area contributed by atoms with Gasteiger partial charge in [-0.3, -0.25) is 4.79 Å². The Morgan fingerprint density at radius 1 is 1.58 bits per heavy atom. The fourth-order valence-corrected chi connectivity index (χ4v) is 1.27. The van der Waals surface area contributed by atoms with Gasteiger partial charge in [-0.1, -0.05) is 11.6 Å². The first-order chi connectivity index (χ1) is 5.56. The lowest BCUT2D eigenvalue weighted by Crippen LogP contribution is -2.13. The third kappa shape index (κ3) is 6.68. The molecule has 0 saturated heterocycles. The Kier molecular flexibility index (Phi) is 6.48. The minimum Gasteiger partial charge on any atom is -0.466 e. The summed E-state index contributed by atoms with van der Waals surface area (Å²) in [6.07, 6.45) is -0.0372. The summed E-state index contributed by atoms with van der Waals surface area (Å²) in [6, 6.07) is 0. The molecule has 0 aromatic carbocycles. The highest BCUT2D eigenvalue weighted by molar-refractivity contribution is 6.23. The number of carbonyl (C=O) groups excluding carboxylic acids is 1. The van der Waals surface area contributed by atoms with E-state index >= 15 is 0 Å². The molecule has 0 aliphatic carbocycles. The molecule has 0 aliphatic rings. The van der Waals surface area contributed by atoms with Crippen molar-refractivity contribution >= 4 is 29.2 Å². The van der Waals surface area contributed by atoms with Crippen molar-refractivity contribution in [1.82, 2.24) is 0 Å². The molecule has 0 aliphatic heterocycles. The first kappa shape index (κ1) is 12.0. The van der Waals surface area contributed by atoms with Gasteiger partial charge in [0, 0.05) is 11.8 Å². The molecule has 0 saturated carbocycles. The molecule has 0 radical (unpaired) electrons. The lowest BCUT2D eigenvalue weighted by molar-refractivity contribution is -0.143. The number of rotatable bonds is 5. The molecule has 2 unspecified atom stereocenters. The van der Waals surface area contributed by atoms with Crippen LogP contribution in [0, 0.1) is 0 Å². The van der Waals surface area contributed by atoms with E-state index in [4.69, 9.17) is 23.2 Å². The van der Waals surface area contributed by atoms with Crippen molar-refractivity contribution in [2.45, 2.75) is 30.8 Å². The molecule has 0 spiro atoms. The lowest BCUT2D eigenvalue weighted by atomic mass is 10.2. The minimum atomic E-state index is -1.50. The summed E-state index contributed by atoms with van der Waals surface area (Å²) < 4.78 is 16.7. The van der Waals surface area contributed by atoms with Gasteiger partial charge >= 0.3 is 5.97 Å². The Balaban J connectivity index is 3.54. The van der Waals surface area contributed by atoms with Crippen molar-refractivity contribution < 1.29 is 13.9 Å². The van der Waals surface area contributed by atoms with Crippen LogP contribution in [0.25, 0.3) is 0 Å². The second-order valence-electron chi connectivity index (χ2n) is 2.23. The fourth-order valence-electron chi connectivity index (χ4n) is 0.677. The zero-order valence-electron chi connectivity index (χ0n) is 6.73. The van der Waals surface area contributed by atoms with Crippen LogP contribution >= 0.6 is 23.2 Å². The van der Waals surface area contributed by atoms with Crippen LogP contribution in [0.15, 0.2) is 0 Å². The maximum atomic E-state index is 12.1. The van der Waals surface area contributed by atoms with Gasteiger partial charge in [-0.2, -0.15) is 0 Å². The molecule has 0 N–H and O–H groups in total. The van der Waals surface area contributed by atoms with Crippen LogP contribution in [0.4, 0.5) is 4.39 Å². The van der Waals surface area contributed by atoms with E-state index in [1.807, 2.05) is 0 Å². The van der Waals surface area contributed by atoms with E-state index in [9.17, 15) is 9.18 Å². The highest BCUT2D eigenvalue weighted by Crippen LogP contribution is 2.15. The first-order valence-electron chi connectivity index (χ1n) is 3.64. The van der Waals surface area contributed by atoms with E-state index < -0.39 is 17.0 Å². The van der Waals surface area contributed by atoms with Crippen molar-refractivity contribution in [2.24, 2.45) is 0 Å². The van der Waals surface area contributed by atoms with Crippen LogP contribution in [-0.4, -0.2) is 23.6 Å². The molecular formula is C7H11Cl2FO2. The maximum Gasteiger partial charge on any atom is 0.307 e. The molecule has 0 amide bonds. The van der Waals surface area contributed by atoms with E-state index in [1.54, 1.807) is 6.92 Å². The van der Waals surface area contributed by atoms with E-state index in [2.05, 4.69) is 4.74 Å². The molecule has 2 atom stereocenters. The summed E-state index contributed by atoms with van der Waals surface area (Å²) in [5.74, 6) is -0.421. The number of carbonyl (C=O) groups is 1. The Bertz CT molecular complexity index is 141. The monoisotopic (exact) mass is 216 g/mol. The molecule has 2 nitrogen and oxygen atoms in total. The average molecular weight is 217 g/mol. The van der Waals surface area contributed by atoms with Gasteiger partial charge in [0.25, 0.3) is 0 Å². The Morgan fingerprint density at radius 2 is 2.17 bits per heavy atom. The van der Waals surface area contributed by atoms with Gasteiger partial charge in [0.15, 0.2) is 5.63 Å². The van der Waals surface area contributed by atoms with Gasteiger partial charge in [-0.05, 0) is 6.92 Å². The smallest absolute Gasteiger partial charge is 0.307 e. The molecule has 12 heavy (non-hydrogen) atoms. The highest BCUT2D eigenvalue weighted by atomic mass is 35.5. The first-order valence-corrected chi connectivity index (χ1v) is 4.51. The normalized spacial score (nSPS) is 15.3. The Hall–Kier alpha value is -0.0200. The van der Waals surface area contributed by atoms with Gasteiger partial charge in [-0.25, -0.2) is 4.39 Å². The van der Waals surface area contributed by atoms with Gasteiger partial charge in [-0.15, -0.1) is 11.6 Å². The van der Waals surface area contributed by atoms with Gasteiger partial charge in [0.05, 0.1) is 13.0 Å². The molecule has 0 heterocycles. The SMILES string of the molecule is CCOC(=O)CC(Cl)CC(F)Cl. The third-order valence-corrected chi connectivity index (χ3v) is 1.64. The predicted molar refractivity (Wildman–Crippen MR) is 46.3 cm³/mol. The lowest BCUT2D eigenvalue weighted by Gasteiger charge is -2.07. The van der Waals surface area contributed by atoms with Crippen LogP contribution < -0.4 is 0 Å². The summed E-state index contributed by atoms with van der Waals surface area (Å²) in [5, 5.41) is -0.587. The van der Waals surface area contributed by atoms with E-state index in [0.717, 1.165) is 0 Å². The van der Waals surface area contributed by atoms with Crippen LogP contribution in [0.2, 0.25) is 0 Å². The quantitative estimate of drug-likeness (QED) is 0.522. The summed E-state index contributed by atoms with van der Waals surface area (Å²) in [6.45, 7) is 2.00. The molecule has 72 valence electrons. The van der Waals surface area contributed by atoms with Gasteiger partial charge in [0.1, 0.15) is 0 Å². The highest BCUT2D eigenvalue weighted by Gasteiger charge is 2.15. The van der Waals surface area contributed by atoms with Gasteiger partial charge < -0.3 is 4.74 Å². The number of alkyl halides is 3. The van der Waals surface area contributed by atoms with Crippen LogP contribution in [-0.2, 0) is 9.53 Å². The molecule has 5 heteroatoms. The fraction of sp³-hybridized carbons (Fsp3) is 0.857. The van der Waals surface area contributed by atoms with Crippen molar-refractivity contribution in [2.75, 3.05) is 6.61 Å². The zero-order chi connectivity index (χ0) is 9.56. The van der Waals surface area contributed by atoms with Crippen LogP contribution in [0.5, 0.6) is 0 Å². The second kappa shape index (κ2) is 6.49. The van der Waals surface area contributed by atoms with Crippen molar-refractivity contribution in [3.63, 3.8) is 0 Å². The van der Waals surface area contributed by atoms with E-state index in [0.29, 0.717) is 6.61 Å². The van der Waals surface area contributed by atoms with Crippen LogP contribution in [0.1, 0.15) is 19.8 Å². The van der Waals surface area contributed by atoms with Crippen molar-refractivity contribution in [3.8, 4) is 0 Å². The minimum absolute atomic E-state index is 0.00252. The maximum absolute atomic E-state index is 12.1. The number of ether oxygens (including phenoxy) is 1. The zero-order valence-corrected chi connectivity index (χ0v) is 8.24. The summed E-state index contributed by atoms with van der Waals surface area (Å²) in [4.78, 5) is 10.8. The van der Waals surface area contributed by atoms with E-state index in [-0.39, 0.29) is 12.8 Å². The topological polar surface area (TPSA) is 26.3 Å². The molecular weight excluding hydrogens is 206 g/mol. The van der Waals surface area contributed by atoms with Crippen molar-refractivity contribution in [1.29, 1.82) is 0 Å². The molecule has 0 bridgehead atoms. The van der Waals surface area contributed by atoms with Crippen LogP contribution in [0.3, 0.4) is 0 Å². The molecule has 0 rings (SSSR count). The Labute approximate surface area is 81.0 Å². The molecule has 0 aromatic rings. The number of hydrogen-bond donors (Lipinski definition) is 0. The largest absolute Gasteiger partial charge is 0.466 e. The summed E-state index contributed by atoms with van der Waals surface area (Å²) in [5.41, 5.74) is -1.50. The van der Waals surface area contributed by atoms with Gasteiger partial charge in [0.2, 0.25) is 0 Å². The third-order valence-electron chi connectivity index (χ3n) is 1.13. The molecule has 0 aromatic heterocycles. The predicted octanol–water partition coefficient (Wildman–Crippen LogP) is 2.47. The average Bonchev–Trinajstić information content (AvgIpc) is 1.84. The number of hydrogen-bond acceptors (Lipinski definition) is 2. The molecule has 0 fully saturated rings. The standard InChI is InChI=1S/C7H11Cl2FO2/c1-2-12-7(11)4-5(8)3-6(9)10/h5-6H,2-4H2,1H3. The summed E-state index contributed by atoms with van der Waals surface area (Å²) >= 11 is 10.6. The van der Waals surface area contributed by atoms with E-state index in [1.165, 1.54) is 0 Å².